The maximum absolute atomic E-state index is 14.5. The molecule has 3 N–H and O–H groups in total. The van der Waals surface area contributed by atoms with Crippen LogP contribution >= 0.6 is 0 Å². The number of ether oxygens (including phenoxy) is 6. The van der Waals surface area contributed by atoms with Crippen molar-refractivity contribution in [2.24, 2.45) is 35.5 Å². The van der Waals surface area contributed by atoms with Gasteiger partial charge in [0.25, 0.3) is 11.7 Å². The number of rotatable bonds is 8. The van der Waals surface area contributed by atoms with E-state index in [2.05, 4.69) is 0 Å². The highest BCUT2D eigenvalue weighted by atomic mass is 16.6. The number of cyclic esters (lactones) is 1. The van der Waals surface area contributed by atoms with Gasteiger partial charge in [-0.2, -0.15) is 0 Å². The van der Waals surface area contributed by atoms with Crippen molar-refractivity contribution in [1.82, 2.24) is 9.80 Å². The number of carbonyl (C=O) groups excluding carboxylic acids is 6. The molecule has 0 spiro atoms. The fraction of sp³-hybridized carbons (Fsp3) is 0.741. The van der Waals surface area contributed by atoms with Crippen molar-refractivity contribution in [3.63, 3.8) is 0 Å². The van der Waals surface area contributed by atoms with Gasteiger partial charge in [-0.1, -0.05) is 71.1 Å². The topological polar surface area (TPSA) is 225 Å². The second kappa shape index (κ2) is 27.8. The van der Waals surface area contributed by atoms with Gasteiger partial charge >= 0.3 is 12.1 Å². The number of esters is 1. The van der Waals surface area contributed by atoms with Crippen molar-refractivity contribution in [2.45, 2.75) is 180 Å². The van der Waals surface area contributed by atoms with E-state index in [1.807, 2.05) is 51.2 Å². The largest absolute Gasteiger partial charge is 0.460 e. The Bertz CT molecular complexity index is 1950. The molecular formula is C54H84N2O15. The van der Waals surface area contributed by atoms with Crippen LogP contribution in [-0.2, 0) is 52.4 Å². The summed E-state index contributed by atoms with van der Waals surface area (Å²) in [6, 6.07) is -1.19. The molecule has 0 radical (unpaired) electrons. The highest BCUT2D eigenvalue weighted by Gasteiger charge is 2.53. The number of hydrogen-bond acceptors (Lipinski definition) is 15. The quantitative estimate of drug-likeness (QED) is 0.140. The first-order chi connectivity index (χ1) is 33.6. The molecule has 3 heterocycles. The molecule has 71 heavy (non-hydrogen) atoms. The number of nitrogens with zero attached hydrogens (tertiary/aromatic N) is 2. The van der Waals surface area contributed by atoms with Gasteiger partial charge in [-0.05, 0) is 107 Å². The molecule has 400 valence electrons. The van der Waals surface area contributed by atoms with E-state index in [1.165, 1.54) is 26.2 Å². The smallest absolute Gasteiger partial charge is 0.411 e. The number of methoxy groups -OCH3 is 3. The molecule has 15 atom stereocenters. The maximum atomic E-state index is 14.5. The third kappa shape index (κ3) is 15.9. The van der Waals surface area contributed by atoms with Gasteiger partial charge in [0.1, 0.15) is 31.1 Å². The van der Waals surface area contributed by atoms with Gasteiger partial charge < -0.3 is 48.6 Å². The number of carbonyl (C=O) groups is 6. The number of aliphatic hydroxyl groups excluding tert-OH is 2. The lowest BCUT2D eigenvalue weighted by Crippen LogP contribution is -2.61. The molecule has 17 heteroatoms. The zero-order valence-corrected chi connectivity index (χ0v) is 44.1. The Morgan fingerprint density at radius 2 is 1.62 bits per heavy atom. The fourth-order valence-corrected chi connectivity index (χ4v) is 10.5. The number of hydrogen-bond donors (Lipinski definition) is 3. The molecule has 1 saturated carbocycles. The molecule has 4 aliphatic rings. The van der Waals surface area contributed by atoms with E-state index in [1.54, 1.807) is 40.9 Å². The predicted octanol–water partition coefficient (Wildman–Crippen LogP) is 6.21. The van der Waals surface area contributed by atoms with E-state index >= 15 is 0 Å². The van der Waals surface area contributed by atoms with Crippen LogP contribution in [0.3, 0.4) is 0 Å². The number of aliphatic hydroxyl groups is 3. The summed E-state index contributed by atoms with van der Waals surface area (Å²) in [4.78, 5) is 85.8. The highest BCUT2D eigenvalue weighted by molar-refractivity contribution is 6.39. The molecule has 2 bridgehead atoms. The molecule has 3 aliphatic heterocycles. The van der Waals surface area contributed by atoms with Crippen LogP contribution in [0.1, 0.15) is 126 Å². The van der Waals surface area contributed by atoms with E-state index in [4.69, 9.17) is 28.4 Å². The highest BCUT2D eigenvalue weighted by Crippen LogP contribution is 2.38. The van der Waals surface area contributed by atoms with Crippen molar-refractivity contribution in [2.75, 3.05) is 41.7 Å². The SMILES string of the molecule is COC1C(=O)C(C)C[C@H](C)C=CC=CC=C(C)[C@@H](OC)C[C@@H]2CC[C@@H](C)[C@@](O)(O2)C(=O)C(=O)N2CCCC[C@H]2C(=O)O[C@H]([C@H](C)C[C@@H]2CC[C@@H](OC(=O)N(C)CO)[C@H](OC)C2)CC(=O)C(C)=CC(C)[C@H]1O. The monoisotopic (exact) mass is 1000 g/mol. The van der Waals surface area contributed by atoms with Gasteiger partial charge in [0, 0.05) is 65.5 Å². The summed E-state index contributed by atoms with van der Waals surface area (Å²) in [5.74, 6) is -8.40. The number of ketones is 3. The lowest BCUT2D eigenvalue weighted by Gasteiger charge is -2.42. The molecule has 0 aromatic carbocycles. The van der Waals surface area contributed by atoms with Crippen molar-refractivity contribution in [3.8, 4) is 0 Å². The third-order valence-corrected chi connectivity index (χ3v) is 15.2. The van der Waals surface area contributed by atoms with Gasteiger partial charge in [-0.3, -0.25) is 24.1 Å². The van der Waals surface area contributed by atoms with Crippen molar-refractivity contribution >= 4 is 35.3 Å². The molecule has 2 saturated heterocycles. The second-order valence-corrected chi connectivity index (χ2v) is 20.8. The van der Waals surface area contributed by atoms with Crippen LogP contribution in [-0.4, -0.2) is 157 Å². The summed E-state index contributed by atoms with van der Waals surface area (Å²) >= 11 is 0. The Hall–Kier alpha value is -4.10. The van der Waals surface area contributed by atoms with E-state index in [0.717, 1.165) is 10.5 Å². The summed E-state index contributed by atoms with van der Waals surface area (Å²) in [5.41, 5.74) is 1.15. The van der Waals surface area contributed by atoms with Gasteiger partial charge in [-0.15, -0.1) is 0 Å². The van der Waals surface area contributed by atoms with Gasteiger partial charge in [0.2, 0.25) is 5.79 Å². The average Bonchev–Trinajstić information content (AvgIpc) is 3.35. The lowest BCUT2D eigenvalue weighted by atomic mass is 9.78. The van der Waals surface area contributed by atoms with E-state index in [0.29, 0.717) is 64.2 Å². The zero-order chi connectivity index (χ0) is 52.7. The summed E-state index contributed by atoms with van der Waals surface area (Å²) < 4.78 is 35.3. The normalized spacial score (nSPS) is 35.5. The first kappa shape index (κ1) is 59.5. The molecule has 17 nitrogen and oxygen atoms in total. The number of allylic oxidation sites excluding steroid dienone is 6. The molecule has 2 amide bonds. The van der Waals surface area contributed by atoms with Crippen LogP contribution in [0, 0.1) is 35.5 Å². The molecule has 0 aromatic heterocycles. The summed E-state index contributed by atoms with van der Waals surface area (Å²) in [6.07, 6.45) is 9.66. The van der Waals surface area contributed by atoms with Crippen LogP contribution in [0.2, 0.25) is 0 Å². The maximum Gasteiger partial charge on any atom is 0.411 e. The molecule has 1 aliphatic carbocycles. The Morgan fingerprint density at radius 3 is 2.28 bits per heavy atom. The van der Waals surface area contributed by atoms with E-state index in [9.17, 15) is 44.1 Å². The number of Topliss-reactive ketones (excluding diaryl/α,β-unsaturated/α-hetero) is 3. The van der Waals surface area contributed by atoms with Crippen LogP contribution < -0.4 is 0 Å². The Kier molecular flexibility index (Phi) is 23.3. The molecule has 3 unspecified atom stereocenters. The Balaban J connectivity index is 1.70. The molecule has 4 rings (SSSR count). The van der Waals surface area contributed by atoms with E-state index < -0.39 is 109 Å². The first-order valence-electron chi connectivity index (χ1n) is 25.6. The number of amides is 2. The number of fused-ring (bicyclic) bond motifs is 3. The summed E-state index contributed by atoms with van der Waals surface area (Å²) in [7, 11) is 5.89. The Labute approximate surface area is 421 Å². The lowest BCUT2D eigenvalue weighted by molar-refractivity contribution is -0.265. The molecule has 0 aromatic rings. The van der Waals surface area contributed by atoms with Crippen molar-refractivity contribution < 1.29 is 72.5 Å². The van der Waals surface area contributed by atoms with Crippen LogP contribution in [0.4, 0.5) is 4.79 Å². The van der Waals surface area contributed by atoms with Crippen LogP contribution in [0.25, 0.3) is 0 Å². The fourth-order valence-electron chi connectivity index (χ4n) is 10.5. The number of piperidine rings is 1. The van der Waals surface area contributed by atoms with Gasteiger partial charge in [-0.25, -0.2) is 9.59 Å². The average molecular weight is 1000 g/mol. The summed E-state index contributed by atoms with van der Waals surface area (Å²) in [5, 5.41) is 32.9. The van der Waals surface area contributed by atoms with Crippen molar-refractivity contribution in [1.29, 1.82) is 0 Å². The van der Waals surface area contributed by atoms with E-state index in [-0.39, 0.29) is 48.4 Å². The minimum Gasteiger partial charge on any atom is -0.460 e. The third-order valence-electron chi connectivity index (χ3n) is 15.2. The Morgan fingerprint density at radius 1 is 0.901 bits per heavy atom. The second-order valence-electron chi connectivity index (χ2n) is 20.8. The molecular weight excluding hydrogens is 917 g/mol. The standard InChI is InChI=1S/C54H84N2O15/c1-32-17-13-12-14-18-33(2)44(66-9)29-40-22-20-38(7)54(65,71-40)50(61)51(62)56-24-16-15-19-41(56)52(63)69-45(30-42(58)34(3)26-37(6)48(60)49(68-11)47(59)36(5)25-32)35(4)27-39-21-23-43(46(28-39)67-10)70-53(64)55(8)31-57/h12-14,17-18,26,32,35-41,43-46,48-49,57,60,65H,15-16,19-25,27-31H2,1-11H3/t32-,35-,36?,37?,38-,39+,40+,41+,43-,44+,45+,46-,48-,49?,54-/m1/s1. The zero-order valence-electron chi connectivity index (χ0n) is 44.1. The molecule has 3 fully saturated rings. The minimum atomic E-state index is -2.46. The summed E-state index contributed by atoms with van der Waals surface area (Å²) in [6.45, 7) is 12.1. The predicted molar refractivity (Wildman–Crippen MR) is 264 cm³/mol. The van der Waals surface area contributed by atoms with Crippen molar-refractivity contribution in [3.05, 3.63) is 47.6 Å². The van der Waals surface area contributed by atoms with Crippen LogP contribution in [0.5, 0.6) is 0 Å². The first-order valence-corrected chi connectivity index (χ1v) is 25.6. The minimum absolute atomic E-state index is 0.00319. The van der Waals surface area contributed by atoms with Gasteiger partial charge in [0.05, 0.1) is 24.4 Å². The van der Waals surface area contributed by atoms with Gasteiger partial charge in [0.15, 0.2) is 11.6 Å². The van der Waals surface area contributed by atoms with Crippen LogP contribution in [0.15, 0.2) is 47.6 Å².